The number of morpholine rings is 1. The van der Waals surface area contributed by atoms with Gasteiger partial charge in [-0.05, 0) is 48.1 Å². The molecule has 0 atom stereocenters. The molecule has 1 fully saturated rings. The second-order valence-corrected chi connectivity index (χ2v) is 8.57. The van der Waals surface area contributed by atoms with Crippen LogP contribution in [0, 0.1) is 0 Å². The van der Waals surface area contributed by atoms with Crippen molar-refractivity contribution in [1.82, 2.24) is 9.62 Å². The predicted molar refractivity (Wildman–Crippen MR) is 116 cm³/mol. The Labute approximate surface area is 175 Å². The number of thiocarbonyl (C=S) groups is 1. The summed E-state index contributed by atoms with van der Waals surface area (Å²) in [6.45, 7) is 1.47. The van der Waals surface area contributed by atoms with E-state index in [1.807, 2.05) is 30.3 Å². The average Bonchev–Trinajstić information content (AvgIpc) is 2.74. The van der Waals surface area contributed by atoms with Gasteiger partial charge in [-0.15, -0.1) is 0 Å². The summed E-state index contributed by atoms with van der Waals surface area (Å²) in [4.78, 5) is 12.2. The SMILES string of the molecule is O=C(/C=C/c1ccccc1)NC(=S)Nc1ccc(S(=O)(=O)N2CCOCC2)cc1. The van der Waals surface area contributed by atoms with E-state index in [9.17, 15) is 13.2 Å². The van der Waals surface area contributed by atoms with Gasteiger partial charge < -0.3 is 10.1 Å². The fourth-order valence-electron chi connectivity index (χ4n) is 2.70. The summed E-state index contributed by atoms with van der Waals surface area (Å²) in [6, 6.07) is 15.6. The van der Waals surface area contributed by atoms with Crippen LogP contribution in [-0.4, -0.2) is 50.0 Å². The van der Waals surface area contributed by atoms with Gasteiger partial charge in [0.1, 0.15) is 0 Å². The molecule has 29 heavy (non-hydrogen) atoms. The lowest BCUT2D eigenvalue weighted by molar-refractivity contribution is -0.115. The number of hydrogen-bond donors (Lipinski definition) is 2. The molecule has 1 amide bonds. The van der Waals surface area contributed by atoms with E-state index in [-0.39, 0.29) is 15.9 Å². The van der Waals surface area contributed by atoms with Crippen molar-refractivity contribution in [3.05, 3.63) is 66.2 Å². The van der Waals surface area contributed by atoms with E-state index in [1.165, 1.54) is 22.5 Å². The zero-order valence-corrected chi connectivity index (χ0v) is 17.2. The molecule has 2 aromatic rings. The maximum Gasteiger partial charge on any atom is 0.250 e. The maximum atomic E-state index is 12.6. The molecule has 0 spiro atoms. The van der Waals surface area contributed by atoms with Crippen LogP contribution in [0.1, 0.15) is 5.56 Å². The number of carbonyl (C=O) groups is 1. The lowest BCUT2D eigenvalue weighted by Crippen LogP contribution is -2.40. The Morgan fingerprint density at radius 3 is 2.34 bits per heavy atom. The molecule has 1 saturated heterocycles. The zero-order valence-electron chi connectivity index (χ0n) is 15.6. The predicted octanol–water partition coefficient (Wildman–Crippen LogP) is 2.23. The van der Waals surface area contributed by atoms with E-state index < -0.39 is 10.0 Å². The van der Waals surface area contributed by atoms with E-state index in [1.54, 1.807) is 18.2 Å². The number of rotatable bonds is 5. The maximum absolute atomic E-state index is 12.6. The minimum atomic E-state index is -3.55. The van der Waals surface area contributed by atoms with Crippen molar-refractivity contribution in [2.75, 3.05) is 31.6 Å². The molecule has 0 unspecified atom stereocenters. The Morgan fingerprint density at radius 2 is 1.69 bits per heavy atom. The number of carbonyl (C=O) groups excluding carboxylic acids is 1. The molecule has 0 radical (unpaired) electrons. The standard InChI is InChI=1S/C20H21N3O4S2/c24-19(11-6-16-4-2-1-3-5-16)22-20(28)21-17-7-9-18(10-8-17)29(25,26)23-12-14-27-15-13-23/h1-11H,12-15H2,(H2,21,22,24,28)/b11-6+. The van der Waals surface area contributed by atoms with E-state index >= 15 is 0 Å². The monoisotopic (exact) mass is 431 g/mol. The summed E-state index contributed by atoms with van der Waals surface area (Å²) in [5.74, 6) is -0.363. The van der Waals surface area contributed by atoms with Crippen LogP contribution in [0.5, 0.6) is 0 Å². The van der Waals surface area contributed by atoms with E-state index in [2.05, 4.69) is 10.6 Å². The molecule has 1 heterocycles. The third-order valence-corrected chi connectivity index (χ3v) is 6.30. The van der Waals surface area contributed by atoms with Crippen LogP contribution in [0.2, 0.25) is 0 Å². The summed E-state index contributed by atoms with van der Waals surface area (Å²) in [5.41, 5.74) is 1.47. The third kappa shape index (κ3) is 5.94. The van der Waals surface area contributed by atoms with Crippen LogP contribution in [0.15, 0.2) is 65.6 Å². The van der Waals surface area contributed by atoms with Gasteiger partial charge in [-0.25, -0.2) is 8.42 Å². The smallest absolute Gasteiger partial charge is 0.250 e. The first-order chi connectivity index (χ1) is 13.9. The highest BCUT2D eigenvalue weighted by atomic mass is 32.2. The summed E-state index contributed by atoms with van der Waals surface area (Å²) >= 11 is 5.13. The number of ether oxygens (including phenoxy) is 1. The van der Waals surface area contributed by atoms with Gasteiger partial charge in [-0.3, -0.25) is 10.1 Å². The number of sulfonamides is 1. The van der Waals surface area contributed by atoms with E-state index in [0.29, 0.717) is 32.0 Å². The van der Waals surface area contributed by atoms with Crippen molar-refractivity contribution in [3.63, 3.8) is 0 Å². The van der Waals surface area contributed by atoms with Gasteiger partial charge in [-0.2, -0.15) is 4.31 Å². The van der Waals surface area contributed by atoms with Gasteiger partial charge >= 0.3 is 0 Å². The van der Waals surface area contributed by atoms with Crippen molar-refractivity contribution >= 4 is 45.0 Å². The highest BCUT2D eigenvalue weighted by molar-refractivity contribution is 7.89. The second kappa shape index (κ2) is 9.75. The molecule has 7 nitrogen and oxygen atoms in total. The Kier molecular flexibility index (Phi) is 7.10. The Hall–Kier alpha value is -2.59. The number of amides is 1. The summed E-state index contributed by atoms with van der Waals surface area (Å²) in [5, 5.41) is 5.54. The minimum Gasteiger partial charge on any atom is -0.379 e. The highest BCUT2D eigenvalue weighted by Crippen LogP contribution is 2.19. The van der Waals surface area contributed by atoms with Gasteiger partial charge in [-0.1, -0.05) is 30.3 Å². The number of nitrogens with one attached hydrogen (secondary N) is 2. The Bertz CT molecular complexity index is 984. The Morgan fingerprint density at radius 1 is 1.03 bits per heavy atom. The fourth-order valence-corrected chi connectivity index (χ4v) is 4.32. The lowest BCUT2D eigenvalue weighted by Gasteiger charge is -2.26. The van der Waals surface area contributed by atoms with Crippen molar-refractivity contribution in [2.45, 2.75) is 4.90 Å². The van der Waals surface area contributed by atoms with Crippen molar-refractivity contribution < 1.29 is 17.9 Å². The van der Waals surface area contributed by atoms with Crippen LogP contribution in [0.25, 0.3) is 6.08 Å². The highest BCUT2D eigenvalue weighted by Gasteiger charge is 2.26. The topological polar surface area (TPSA) is 87.7 Å². The molecule has 0 bridgehead atoms. The number of benzene rings is 2. The summed E-state index contributed by atoms with van der Waals surface area (Å²) in [6.07, 6.45) is 3.07. The van der Waals surface area contributed by atoms with Gasteiger partial charge in [0.15, 0.2) is 5.11 Å². The molecule has 0 aliphatic carbocycles. The fraction of sp³-hybridized carbons (Fsp3) is 0.200. The molecule has 1 aliphatic heterocycles. The van der Waals surface area contributed by atoms with Gasteiger partial charge in [0.2, 0.25) is 15.9 Å². The van der Waals surface area contributed by atoms with Crippen molar-refractivity contribution in [2.24, 2.45) is 0 Å². The van der Waals surface area contributed by atoms with Crippen LogP contribution in [-0.2, 0) is 19.6 Å². The largest absolute Gasteiger partial charge is 0.379 e. The summed E-state index contributed by atoms with van der Waals surface area (Å²) < 4.78 is 31.8. The first kappa shape index (κ1) is 21.1. The average molecular weight is 432 g/mol. The Balaban J connectivity index is 1.55. The molecule has 0 aromatic heterocycles. The van der Waals surface area contributed by atoms with Gasteiger partial charge in [0, 0.05) is 24.9 Å². The molecule has 0 saturated carbocycles. The molecular weight excluding hydrogens is 410 g/mol. The molecule has 152 valence electrons. The molecule has 3 rings (SSSR count). The van der Waals surface area contributed by atoms with Gasteiger partial charge in [0.25, 0.3) is 0 Å². The first-order valence-electron chi connectivity index (χ1n) is 8.98. The minimum absolute atomic E-state index is 0.122. The van der Waals surface area contributed by atoms with Crippen molar-refractivity contribution in [3.8, 4) is 0 Å². The number of hydrogen-bond acceptors (Lipinski definition) is 5. The zero-order chi connectivity index (χ0) is 20.7. The van der Waals surface area contributed by atoms with E-state index in [0.717, 1.165) is 5.56 Å². The number of anilines is 1. The first-order valence-corrected chi connectivity index (χ1v) is 10.8. The lowest BCUT2D eigenvalue weighted by atomic mass is 10.2. The van der Waals surface area contributed by atoms with Crippen LogP contribution in [0.3, 0.4) is 0 Å². The molecule has 2 N–H and O–H groups in total. The second-order valence-electron chi connectivity index (χ2n) is 6.23. The van der Waals surface area contributed by atoms with Crippen LogP contribution in [0.4, 0.5) is 5.69 Å². The molecule has 9 heteroatoms. The van der Waals surface area contributed by atoms with E-state index in [4.69, 9.17) is 17.0 Å². The number of nitrogens with zero attached hydrogens (tertiary/aromatic N) is 1. The van der Waals surface area contributed by atoms with Crippen LogP contribution >= 0.6 is 12.2 Å². The quantitative estimate of drug-likeness (QED) is 0.558. The van der Waals surface area contributed by atoms with Crippen LogP contribution < -0.4 is 10.6 Å². The molecule has 1 aliphatic rings. The normalized spacial score (nSPS) is 15.2. The van der Waals surface area contributed by atoms with Gasteiger partial charge in [0.05, 0.1) is 18.1 Å². The third-order valence-electron chi connectivity index (χ3n) is 4.18. The molecule has 2 aromatic carbocycles. The van der Waals surface area contributed by atoms with Crippen molar-refractivity contribution in [1.29, 1.82) is 0 Å². The summed E-state index contributed by atoms with van der Waals surface area (Å²) in [7, 11) is -3.55. The molecular formula is C20H21N3O4S2.